The Morgan fingerprint density at radius 2 is 2.00 bits per heavy atom. The van der Waals surface area contributed by atoms with Gasteiger partial charge in [-0.25, -0.2) is 0 Å². The van der Waals surface area contributed by atoms with E-state index in [4.69, 9.17) is 11.6 Å². The Morgan fingerprint density at radius 1 is 1.33 bits per heavy atom. The zero-order valence-electron chi connectivity index (χ0n) is 10.0. The third-order valence-electron chi connectivity index (χ3n) is 2.82. The van der Waals surface area contributed by atoms with E-state index in [0.717, 1.165) is 12.1 Å². The van der Waals surface area contributed by atoms with Crippen molar-refractivity contribution in [3.8, 4) is 0 Å². The Morgan fingerprint density at radius 3 is 2.61 bits per heavy atom. The second-order valence-corrected chi connectivity index (χ2v) is 6.50. The summed E-state index contributed by atoms with van der Waals surface area (Å²) in [4.78, 5) is 11.5. The molecule has 1 N–H and O–H groups in total. The summed E-state index contributed by atoms with van der Waals surface area (Å²) in [6.07, 6.45) is 2.41. The number of rotatable bonds is 6. The molecule has 1 aromatic rings. The van der Waals surface area contributed by atoms with Crippen LogP contribution >= 0.6 is 11.6 Å². The zero-order chi connectivity index (χ0) is 13.0. The summed E-state index contributed by atoms with van der Waals surface area (Å²) in [5.74, 6) is 1.01. The van der Waals surface area contributed by atoms with Gasteiger partial charge in [0.25, 0.3) is 0 Å². The van der Waals surface area contributed by atoms with Gasteiger partial charge < -0.3 is 5.32 Å². The lowest BCUT2D eigenvalue weighted by atomic mass is 10.2. The Bertz CT molecular complexity index is 443. The molecule has 1 atom stereocenters. The SMILES string of the molecule is O=C(CS(=O)Cc1ccc(Cl)cc1)NCC1CC1. The summed E-state index contributed by atoms with van der Waals surface area (Å²) in [6, 6.07) is 7.20. The zero-order valence-corrected chi connectivity index (χ0v) is 11.6. The van der Waals surface area contributed by atoms with Crippen molar-refractivity contribution in [3.05, 3.63) is 34.9 Å². The van der Waals surface area contributed by atoms with Crippen LogP contribution in [0.3, 0.4) is 0 Å². The molecule has 1 fully saturated rings. The van der Waals surface area contributed by atoms with Crippen molar-refractivity contribution in [2.75, 3.05) is 12.3 Å². The van der Waals surface area contributed by atoms with Gasteiger partial charge in [0.2, 0.25) is 5.91 Å². The summed E-state index contributed by atoms with van der Waals surface area (Å²) in [7, 11) is -1.16. The standard InChI is InChI=1S/C13H16ClNO2S/c14-12-5-3-11(4-6-12)8-18(17)9-13(16)15-7-10-1-2-10/h3-6,10H,1-2,7-9H2,(H,15,16). The van der Waals surface area contributed by atoms with Crippen molar-refractivity contribution < 1.29 is 9.00 Å². The molecule has 0 heterocycles. The summed E-state index contributed by atoms with van der Waals surface area (Å²) in [6.45, 7) is 0.733. The van der Waals surface area contributed by atoms with Gasteiger partial charge in [0.15, 0.2) is 0 Å². The number of halogens is 1. The fraction of sp³-hybridized carbons (Fsp3) is 0.462. The second-order valence-electron chi connectivity index (χ2n) is 4.60. The Hall–Kier alpha value is -0.870. The fourth-order valence-corrected chi connectivity index (χ4v) is 2.78. The monoisotopic (exact) mass is 285 g/mol. The first kappa shape index (κ1) is 13.6. The van der Waals surface area contributed by atoms with Crippen molar-refractivity contribution in [2.45, 2.75) is 18.6 Å². The molecule has 1 unspecified atom stereocenters. The number of nitrogens with one attached hydrogen (secondary N) is 1. The first-order chi connectivity index (χ1) is 8.63. The highest BCUT2D eigenvalue weighted by Gasteiger charge is 2.21. The number of carbonyl (C=O) groups is 1. The van der Waals surface area contributed by atoms with Gasteiger partial charge in [-0.1, -0.05) is 23.7 Å². The van der Waals surface area contributed by atoms with E-state index < -0.39 is 10.8 Å². The molecule has 5 heteroatoms. The van der Waals surface area contributed by atoms with Crippen LogP contribution in [-0.4, -0.2) is 22.4 Å². The molecule has 0 saturated heterocycles. The summed E-state index contributed by atoms with van der Waals surface area (Å²) >= 11 is 5.77. The van der Waals surface area contributed by atoms with Crippen LogP contribution in [0.15, 0.2) is 24.3 Å². The first-order valence-electron chi connectivity index (χ1n) is 5.99. The Kier molecular flexibility index (Phi) is 4.78. The average molecular weight is 286 g/mol. The molecule has 1 saturated carbocycles. The van der Waals surface area contributed by atoms with Crippen LogP contribution in [-0.2, 0) is 21.3 Å². The van der Waals surface area contributed by atoms with E-state index in [-0.39, 0.29) is 11.7 Å². The van der Waals surface area contributed by atoms with Gasteiger partial charge in [-0.3, -0.25) is 9.00 Å². The molecule has 2 rings (SSSR count). The van der Waals surface area contributed by atoms with E-state index in [1.165, 1.54) is 12.8 Å². The van der Waals surface area contributed by atoms with Crippen LogP contribution in [0, 0.1) is 5.92 Å². The van der Waals surface area contributed by atoms with Gasteiger partial charge in [0, 0.05) is 28.1 Å². The van der Waals surface area contributed by atoms with Crippen LogP contribution in [0.5, 0.6) is 0 Å². The van der Waals surface area contributed by atoms with Gasteiger partial charge in [-0.15, -0.1) is 0 Å². The van der Waals surface area contributed by atoms with Crippen molar-refractivity contribution in [1.82, 2.24) is 5.32 Å². The Labute approximate surface area is 114 Å². The molecule has 0 aromatic heterocycles. The van der Waals surface area contributed by atoms with Gasteiger partial charge in [-0.2, -0.15) is 0 Å². The smallest absolute Gasteiger partial charge is 0.232 e. The number of benzene rings is 1. The lowest BCUT2D eigenvalue weighted by molar-refractivity contribution is -0.118. The van der Waals surface area contributed by atoms with Crippen molar-refractivity contribution in [1.29, 1.82) is 0 Å². The van der Waals surface area contributed by atoms with Crippen LogP contribution < -0.4 is 5.32 Å². The summed E-state index contributed by atoms with van der Waals surface area (Å²) in [5.41, 5.74) is 0.938. The third-order valence-corrected chi connectivity index (χ3v) is 4.31. The molecule has 1 amide bonds. The molecule has 18 heavy (non-hydrogen) atoms. The van der Waals surface area contributed by atoms with Crippen LogP contribution in [0.1, 0.15) is 18.4 Å². The van der Waals surface area contributed by atoms with Crippen LogP contribution in [0.2, 0.25) is 5.02 Å². The highest BCUT2D eigenvalue weighted by molar-refractivity contribution is 7.84. The fourth-order valence-electron chi connectivity index (χ4n) is 1.59. The van der Waals surface area contributed by atoms with Crippen molar-refractivity contribution >= 4 is 28.3 Å². The molecule has 0 spiro atoms. The van der Waals surface area contributed by atoms with Gasteiger partial charge in [0.1, 0.15) is 5.75 Å². The van der Waals surface area contributed by atoms with Crippen LogP contribution in [0.4, 0.5) is 0 Å². The molecule has 3 nitrogen and oxygen atoms in total. The molecule has 1 aliphatic carbocycles. The topological polar surface area (TPSA) is 46.2 Å². The quantitative estimate of drug-likeness (QED) is 0.870. The third kappa shape index (κ3) is 4.78. The van der Waals surface area contributed by atoms with E-state index >= 15 is 0 Å². The molecule has 0 bridgehead atoms. The first-order valence-corrected chi connectivity index (χ1v) is 7.86. The highest BCUT2D eigenvalue weighted by atomic mass is 35.5. The molecule has 1 aromatic carbocycles. The number of amides is 1. The second kappa shape index (κ2) is 6.34. The minimum absolute atomic E-state index is 0.0787. The molecular weight excluding hydrogens is 270 g/mol. The number of hydrogen-bond donors (Lipinski definition) is 1. The predicted molar refractivity (Wildman–Crippen MR) is 73.9 cm³/mol. The van der Waals surface area contributed by atoms with E-state index in [9.17, 15) is 9.00 Å². The molecular formula is C13H16ClNO2S. The Balaban J connectivity index is 1.73. The summed E-state index contributed by atoms with van der Waals surface area (Å²) in [5, 5.41) is 3.48. The molecule has 1 aliphatic rings. The van der Waals surface area contributed by atoms with E-state index in [2.05, 4.69) is 5.32 Å². The number of hydrogen-bond acceptors (Lipinski definition) is 2. The minimum Gasteiger partial charge on any atom is -0.355 e. The van der Waals surface area contributed by atoms with Gasteiger partial charge >= 0.3 is 0 Å². The van der Waals surface area contributed by atoms with Gasteiger partial charge in [-0.05, 0) is 36.5 Å². The minimum atomic E-state index is -1.16. The molecule has 98 valence electrons. The lowest BCUT2D eigenvalue weighted by Gasteiger charge is -2.04. The van der Waals surface area contributed by atoms with E-state index in [0.29, 0.717) is 16.7 Å². The average Bonchev–Trinajstić information content (AvgIpc) is 3.13. The van der Waals surface area contributed by atoms with Crippen molar-refractivity contribution in [2.24, 2.45) is 5.92 Å². The van der Waals surface area contributed by atoms with E-state index in [1.54, 1.807) is 12.1 Å². The maximum absolute atomic E-state index is 11.8. The van der Waals surface area contributed by atoms with Crippen LogP contribution in [0.25, 0.3) is 0 Å². The molecule has 0 radical (unpaired) electrons. The summed E-state index contributed by atoms with van der Waals surface area (Å²) < 4.78 is 11.8. The normalized spacial score (nSPS) is 16.3. The molecule has 0 aliphatic heterocycles. The van der Waals surface area contributed by atoms with Crippen molar-refractivity contribution in [3.63, 3.8) is 0 Å². The lowest BCUT2D eigenvalue weighted by Crippen LogP contribution is -2.30. The maximum atomic E-state index is 11.8. The van der Waals surface area contributed by atoms with E-state index in [1.807, 2.05) is 12.1 Å². The van der Waals surface area contributed by atoms with Gasteiger partial charge in [0.05, 0.1) is 0 Å². The largest absolute Gasteiger partial charge is 0.355 e. The number of carbonyl (C=O) groups excluding carboxylic acids is 1. The predicted octanol–water partition coefficient (Wildman–Crippen LogP) is 2.11. The maximum Gasteiger partial charge on any atom is 0.232 e. The highest BCUT2D eigenvalue weighted by Crippen LogP contribution is 2.27.